The lowest BCUT2D eigenvalue weighted by Gasteiger charge is -2.26. The van der Waals surface area contributed by atoms with E-state index in [1.54, 1.807) is 0 Å². The number of nitrogens with one attached hydrogen (secondary N) is 1. The van der Waals surface area contributed by atoms with Crippen LogP contribution < -0.4 is 5.32 Å². The third-order valence-corrected chi connectivity index (χ3v) is 2.16. The normalized spacial score (nSPS) is 26.7. The lowest BCUT2D eigenvalue weighted by molar-refractivity contribution is 0.151. The summed E-state index contributed by atoms with van der Waals surface area (Å²) in [7, 11) is 0. The van der Waals surface area contributed by atoms with Crippen LogP contribution >= 0.6 is 0 Å². The van der Waals surface area contributed by atoms with E-state index < -0.39 is 0 Å². The van der Waals surface area contributed by atoms with Crippen LogP contribution in [-0.4, -0.2) is 42.4 Å². The van der Waals surface area contributed by atoms with Gasteiger partial charge < -0.3 is 10.4 Å². The Labute approximate surface area is 68.4 Å². The molecule has 1 aliphatic rings. The molecule has 1 fully saturated rings. The molecule has 66 valence electrons. The van der Waals surface area contributed by atoms with Gasteiger partial charge in [0.1, 0.15) is 0 Å². The van der Waals surface area contributed by atoms with Crippen LogP contribution in [0.4, 0.5) is 0 Å². The number of nitrogens with zero attached hydrogens (tertiary/aromatic N) is 1. The molecule has 1 heterocycles. The number of β-amino-alcohol motifs (C(OH)–C–C–N with tert-alkyl or cyclic N) is 1. The molecular formula is C8H18N2O. The van der Waals surface area contributed by atoms with Gasteiger partial charge in [-0.15, -0.1) is 0 Å². The van der Waals surface area contributed by atoms with Crippen molar-refractivity contribution in [1.82, 2.24) is 10.2 Å². The van der Waals surface area contributed by atoms with Gasteiger partial charge in [-0.3, -0.25) is 4.90 Å². The second-order valence-electron chi connectivity index (χ2n) is 3.40. The lowest BCUT2D eigenvalue weighted by atomic mass is 10.1. The van der Waals surface area contributed by atoms with Gasteiger partial charge >= 0.3 is 0 Å². The smallest absolute Gasteiger partial charge is 0.0622 e. The Morgan fingerprint density at radius 2 is 2.36 bits per heavy atom. The quantitative estimate of drug-likeness (QED) is 0.600. The van der Waals surface area contributed by atoms with Crippen LogP contribution in [0.15, 0.2) is 0 Å². The standard InChI is InChI=1S/C8H18N2O/c1-7(2)8-9-3-4-10(8)5-6-11/h7-9,11H,3-6H2,1-2H3. The van der Waals surface area contributed by atoms with E-state index in [1.165, 1.54) is 0 Å². The molecule has 1 saturated heterocycles. The van der Waals surface area contributed by atoms with Crippen LogP contribution in [0.5, 0.6) is 0 Å². The summed E-state index contributed by atoms with van der Waals surface area (Å²) in [6, 6.07) is 0. The first-order valence-electron chi connectivity index (χ1n) is 4.34. The Hall–Kier alpha value is -0.120. The minimum absolute atomic E-state index is 0.269. The number of aliphatic hydroxyl groups is 1. The average Bonchev–Trinajstić information content (AvgIpc) is 2.36. The molecule has 0 radical (unpaired) electrons. The molecule has 1 rings (SSSR count). The topological polar surface area (TPSA) is 35.5 Å². The number of hydrogen-bond acceptors (Lipinski definition) is 3. The Kier molecular flexibility index (Phi) is 3.30. The summed E-state index contributed by atoms with van der Waals surface area (Å²) in [6.07, 6.45) is 0.474. The van der Waals surface area contributed by atoms with E-state index in [2.05, 4.69) is 24.1 Å². The molecule has 3 nitrogen and oxygen atoms in total. The van der Waals surface area contributed by atoms with E-state index in [9.17, 15) is 0 Å². The highest BCUT2D eigenvalue weighted by Crippen LogP contribution is 2.11. The van der Waals surface area contributed by atoms with E-state index in [0.717, 1.165) is 19.6 Å². The maximum atomic E-state index is 8.76. The summed E-state index contributed by atoms with van der Waals surface area (Å²) in [5, 5.41) is 12.2. The molecular weight excluding hydrogens is 140 g/mol. The molecule has 1 atom stereocenters. The van der Waals surface area contributed by atoms with Crippen molar-refractivity contribution < 1.29 is 5.11 Å². The van der Waals surface area contributed by atoms with Crippen molar-refractivity contribution in [3.8, 4) is 0 Å². The minimum Gasteiger partial charge on any atom is -0.395 e. The van der Waals surface area contributed by atoms with Crippen LogP contribution in [0, 0.1) is 5.92 Å². The second kappa shape index (κ2) is 4.04. The SMILES string of the molecule is CC(C)C1NCCN1CCO. The lowest BCUT2D eigenvalue weighted by Crippen LogP contribution is -2.41. The molecule has 0 bridgehead atoms. The van der Waals surface area contributed by atoms with E-state index in [4.69, 9.17) is 5.11 Å². The minimum atomic E-state index is 0.269. The highest BCUT2D eigenvalue weighted by atomic mass is 16.3. The van der Waals surface area contributed by atoms with Crippen LogP contribution in [0.1, 0.15) is 13.8 Å². The van der Waals surface area contributed by atoms with Gasteiger partial charge in [0.2, 0.25) is 0 Å². The van der Waals surface area contributed by atoms with Crippen LogP contribution in [0.2, 0.25) is 0 Å². The summed E-state index contributed by atoms with van der Waals surface area (Å²) in [6.45, 7) is 7.60. The summed E-state index contributed by atoms with van der Waals surface area (Å²) in [4.78, 5) is 2.30. The first-order valence-corrected chi connectivity index (χ1v) is 4.34. The number of aliphatic hydroxyl groups excluding tert-OH is 1. The van der Waals surface area contributed by atoms with Gasteiger partial charge in [0.05, 0.1) is 12.8 Å². The number of rotatable bonds is 3. The zero-order valence-corrected chi connectivity index (χ0v) is 7.38. The molecule has 11 heavy (non-hydrogen) atoms. The van der Waals surface area contributed by atoms with Crippen molar-refractivity contribution >= 4 is 0 Å². The fraction of sp³-hybridized carbons (Fsp3) is 1.00. The molecule has 0 aromatic carbocycles. The molecule has 3 heteroatoms. The van der Waals surface area contributed by atoms with Gasteiger partial charge in [-0.2, -0.15) is 0 Å². The monoisotopic (exact) mass is 158 g/mol. The largest absolute Gasteiger partial charge is 0.395 e. The molecule has 2 N–H and O–H groups in total. The molecule has 0 saturated carbocycles. The first kappa shape index (κ1) is 8.97. The molecule has 0 amide bonds. The molecule has 0 spiro atoms. The van der Waals surface area contributed by atoms with Crippen molar-refractivity contribution in [2.24, 2.45) is 5.92 Å². The van der Waals surface area contributed by atoms with Crippen LogP contribution in [0.3, 0.4) is 0 Å². The highest BCUT2D eigenvalue weighted by Gasteiger charge is 2.25. The maximum absolute atomic E-state index is 8.76. The third-order valence-electron chi connectivity index (χ3n) is 2.16. The van der Waals surface area contributed by atoms with Gasteiger partial charge in [-0.25, -0.2) is 0 Å². The van der Waals surface area contributed by atoms with E-state index in [1.807, 2.05) is 0 Å². The van der Waals surface area contributed by atoms with E-state index >= 15 is 0 Å². The van der Waals surface area contributed by atoms with Gasteiger partial charge in [0.15, 0.2) is 0 Å². The first-order chi connectivity index (χ1) is 5.25. The second-order valence-corrected chi connectivity index (χ2v) is 3.40. The predicted molar refractivity (Wildman–Crippen MR) is 45.3 cm³/mol. The van der Waals surface area contributed by atoms with Crippen molar-refractivity contribution in [3.63, 3.8) is 0 Å². The van der Waals surface area contributed by atoms with Crippen molar-refractivity contribution in [3.05, 3.63) is 0 Å². The molecule has 1 aliphatic heterocycles. The van der Waals surface area contributed by atoms with Gasteiger partial charge in [-0.1, -0.05) is 13.8 Å². The van der Waals surface area contributed by atoms with Gasteiger partial charge in [-0.05, 0) is 5.92 Å². The van der Waals surface area contributed by atoms with Gasteiger partial charge in [0, 0.05) is 19.6 Å². The summed E-state index contributed by atoms with van der Waals surface area (Å²) < 4.78 is 0. The highest BCUT2D eigenvalue weighted by molar-refractivity contribution is 4.79. The van der Waals surface area contributed by atoms with Crippen molar-refractivity contribution in [2.75, 3.05) is 26.2 Å². The zero-order valence-electron chi connectivity index (χ0n) is 7.38. The summed E-state index contributed by atoms with van der Waals surface area (Å²) >= 11 is 0. The Bertz CT molecular complexity index is 117. The fourth-order valence-corrected chi connectivity index (χ4v) is 1.66. The van der Waals surface area contributed by atoms with Crippen LogP contribution in [0.25, 0.3) is 0 Å². The Balaban J connectivity index is 2.37. The zero-order chi connectivity index (χ0) is 8.27. The van der Waals surface area contributed by atoms with Crippen molar-refractivity contribution in [2.45, 2.75) is 20.0 Å². The molecule has 1 unspecified atom stereocenters. The molecule has 0 aliphatic carbocycles. The molecule has 0 aromatic heterocycles. The fourth-order valence-electron chi connectivity index (χ4n) is 1.66. The number of hydrogen-bond donors (Lipinski definition) is 2. The Morgan fingerprint density at radius 1 is 1.64 bits per heavy atom. The third kappa shape index (κ3) is 2.15. The maximum Gasteiger partial charge on any atom is 0.0622 e. The Morgan fingerprint density at radius 3 is 2.91 bits per heavy atom. The van der Waals surface area contributed by atoms with E-state index in [-0.39, 0.29) is 6.61 Å². The van der Waals surface area contributed by atoms with Crippen LogP contribution in [-0.2, 0) is 0 Å². The summed E-state index contributed by atoms with van der Waals surface area (Å²) in [5.74, 6) is 0.629. The van der Waals surface area contributed by atoms with E-state index in [0.29, 0.717) is 12.1 Å². The van der Waals surface area contributed by atoms with Crippen molar-refractivity contribution in [1.29, 1.82) is 0 Å². The molecule has 0 aromatic rings. The average molecular weight is 158 g/mol. The van der Waals surface area contributed by atoms with Gasteiger partial charge in [0.25, 0.3) is 0 Å². The summed E-state index contributed by atoms with van der Waals surface area (Å²) in [5.41, 5.74) is 0. The predicted octanol–water partition coefficient (Wildman–Crippen LogP) is -0.134.